The summed E-state index contributed by atoms with van der Waals surface area (Å²) in [7, 11) is 4.84. The average molecular weight is 189 g/mol. The maximum atomic E-state index is 10.6. The fourth-order valence-electron chi connectivity index (χ4n) is 0.626. The molecule has 3 radical (unpaired) electrons. The van der Waals surface area contributed by atoms with Crippen LogP contribution in [0.2, 0.25) is 0 Å². The lowest BCUT2D eigenvalue weighted by molar-refractivity contribution is -0.109. The van der Waals surface area contributed by atoms with Crippen LogP contribution in [0, 0.1) is 0 Å². The maximum absolute atomic E-state index is 10.6. The maximum Gasteiger partial charge on any atom is 0.189 e. The molecule has 0 unspecified atom stereocenters. The van der Waals surface area contributed by atoms with Gasteiger partial charge in [-0.25, -0.2) is 7.14 Å². The van der Waals surface area contributed by atoms with Crippen LogP contribution in [0.25, 0.3) is 0 Å². The summed E-state index contributed by atoms with van der Waals surface area (Å²) in [6, 6.07) is 0. The van der Waals surface area contributed by atoms with Crippen LogP contribution in [0.15, 0.2) is 0 Å². The van der Waals surface area contributed by atoms with E-state index in [4.69, 9.17) is 7.57 Å². The summed E-state index contributed by atoms with van der Waals surface area (Å²) in [5.41, 5.74) is 0.856. The molecule has 0 fully saturated rings. The number of hydrogen-bond donors (Lipinski definition) is 0. The van der Waals surface area contributed by atoms with Gasteiger partial charge in [-0.3, -0.25) is 4.79 Å². The van der Waals surface area contributed by atoms with Crippen LogP contribution in [0.5, 0.6) is 0 Å². The number of carbonyl (C=O) groups is 1. The Hall–Kier alpha value is 0.515. The molecule has 0 saturated carbocycles. The lowest BCUT2D eigenvalue weighted by Crippen LogP contribution is -2.02. The third-order valence-electron chi connectivity index (χ3n) is 1.78. The van der Waals surface area contributed by atoms with Crippen molar-refractivity contribution < 1.29 is 4.79 Å². The standard InChI is InChI=1S/C7H15BOPS/c1-4-10(8,5-2)6-11-7(3)9/h4-6H2,1-3H3. The minimum Gasteiger partial charge on any atom is -0.305 e. The molecule has 0 saturated heterocycles. The van der Waals surface area contributed by atoms with Crippen molar-refractivity contribution in [3.8, 4) is 0 Å². The second-order valence-electron chi connectivity index (χ2n) is 2.62. The van der Waals surface area contributed by atoms with Gasteiger partial charge in [0.2, 0.25) is 0 Å². The first-order valence-electron chi connectivity index (χ1n) is 3.82. The van der Waals surface area contributed by atoms with Gasteiger partial charge in [-0.1, -0.05) is 11.8 Å². The van der Waals surface area contributed by atoms with Gasteiger partial charge in [0.05, 0.1) is 5.49 Å². The Bertz CT molecular complexity index is 136. The molecule has 0 aromatic rings. The fourth-order valence-corrected chi connectivity index (χ4v) is 4.29. The summed E-state index contributed by atoms with van der Waals surface area (Å²) in [5.74, 6) is 0. The minimum atomic E-state index is -1.24. The molecule has 1 nitrogen and oxygen atoms in total. The highest BCUT2D eigenvalue weighted by Gasteiger charge is 2.13. The lowest BCUT2D eigenvalue weighted by atomic mass is 10.7. The molecule has 0 spiro atoms. The molecule has 0 atom stereocenters. The van der Waals surface area contributed by atoms with Crippen molar-refractivity contribution in [2.75, 3.05) is 17.8 Å². The summed E-state index contributed by atoms with van der Waals surface area (Å²) in [6.07, 6.45) is 2.09. The van der Waals surface area contributed by atoms with E-state index < -0.39 is 7.14 Å². The van der Waals surface area contributed by atoms with Gasteiger partial charge in [0, 0.05) is 19.2 Å². The van der Waals surface area contributed by atoms with Gasteiger partial charge in [0.15, 0.2) is 5.12 Å². The molecule has 4 heteroatoms. The van der Waals surface area contributed by atoms with Crippen molar-refractivity contribution in [1.29, 1.82) is 0 Å². The lowest BCUT2D eigenvalue weighted by Gasteiger charge is -2.33. The van der Waals surface area contributed by atoms with Gasteiger partial charge in [-0.05, 0) is 13.8 Å². The Morgan fingerprint density at radius 2 is 1.91 bits per heavy atom. The second-order valence-corrected chi connectivity index (χ2v) is 8.21. The van der Waals surface area contributed by atoms with Gasteiger partial charge >= 0.3 is 0 Å². The fraction of sp³-hybridized carbons (Fsp3) is 0.857. The zero-order chi connectivity index (χ0) is 8.91. The number of rotatable bonds is 4. The number of thioether (sulfide) groups is 1. The molecule has 0 rings (SSSR count). The third-order valence-corrected chi connectivity index (χ3v) is 7.28. The number of hydrogen-bond acceptors (Lipinski definition) is 2. The highest BCUT2D eigenvalue weighted by atomic mass is 32.2. The van der Waals surface area contributed by atoms with Crippen LogP contribution < -0.4 is 0 Å². The number of carbonyl (C=O) groups excluding carboxylic acids is 1. The summed E-state index contributed by atoms with van der Waals surface area (Å²) >= 11 is 1.37. The van der Waals surface area contributed by atoms with Crippen molar-refractivity contribution in [2.45, 2.75) is 20.8 Å². The van der Waals surface area contributed by atoms with Crippen LogP contribution >= 0.6 is 18.9 Å². The van der Waals surface area contributed by atoms with E-state index in [0.29, 0.717) is 0 Å². The predicted octanol–water partition coefficient (Wildman–Crippen LogP) is 2.36. The summed E-state index contributed by atoms with van der Waals surface area (Å²) in [4.78, 5) is 10.6. The molecular formula is C7H15BOPS. The zero-order valence-electron chi connectivity index (χ0n) is 7.46. The van der Waals surface area contributed by atoms with Gasteiger partial charge in [-0.2, -0.15) is 0 Å². The Kier molecular flexibility index (Phi) is 5.46. The molecule has 0 amide bonds. The first-order chi connectivity index (χ1) is 5.04. The highest BCUT2D eigenvalue weighted by Crippen LogP contribution is 2.55. The average Bonchev–Trinajstić information content (AvgIpc) is 2.00. The van der Waals surface area contributed by atoms with Crippen LogP contribution in [0.3, 0.4) is 0 Å². The molecule has 0 aliphatic carbocycles. The van der Waals surface area contributed by atoms with E-state index in [0.717, 1.165) is 17.8 Å². The van der Waals surface area contributed by atoms with Crippen LogP contribution in [0.4, 0.5) is 0 Å². The molecule has 0 aromatic heterocycles. The minimum absolute atomic E-state index is 0.182. The summed E-state index contributed by atoms with van der Waals surface area (Å²) in [6.45, 7) is 5.82. The summed E-state index contributed by atoms with van der Waals surface area (Å²) in [5, 5.41) is 0.182. The molecule has 11 heavy (non-hydrogen) atoms. The molecule has 0 aliphatic rings. The van der Waals surface area contributed by atoms with Crippen molar-refractivity contribution in [1.82, 2.24) is 0 Å². The zero-order valence-corrected chi connectivity index (χ0v) is 9.17. The quantitative estimate of drug-likeness (QED) is 0.498. The van der Waals surface area contributed by atoms with E-state index in [2.05, 4.69) is 13.8 Å². The van der Waals surface area contributed by atoms with Gasteiger partial charge in [0.25, 0.3) is 0 Å². The molecule has 0 N–H and O–H groups in total. The van der Waals surface area contributed by atoms with E-state index in [-0.39, 0.29) is 5.12 Å². The predicted molar refractivity (Wildman–Crippen MR) is 56.9 cm³/mol. The van der Waals surface area contributed by atoms with Crippen LogP contribution in [-0.2, 0) is 4.79 Å². The summed E-state index contributed by atoms with van der Waals surface area (Å²) < 4.78 is 0. The Balaban J connectivity index is 3.78. The molecule has 0 aliphatic heterocycles. The third kappa shape index (κ3) is 4.87. The molecule has 63 valence electrons. The molecule has 0 aromatic carbocycles. The van der Waals surface area contributed by atoms with E-state index in [9.17, 15) is 4.79 Å². The Morgan fingerprint density at radius 1 is 1.45 bits per heavy atom. The smallest absolute Gasteiger partial charge is 0.189 e. The van der Waals surface area contributed by atoms with Crippen LogP contribution in [-0.4, -0.2) is 30.5 Å². The Labute approximate surface area is 75.4 Å². The van der Waals surface area contributed by atoms with Gasteiger partial charge in [0.1, 0.15) is 0 Å². The topological polar surface area (TPSA) is 17.1 Å². The van der Waals surface area contributed by atoms with Gasteiger partial charge in [-0.15, -0.1) is 0 Å². The molecule has 0 heterocycles. The van der Waals surface area contributed by atoms with E-state index in [1.165, 1.54) is 11.8 Å². The largest absolute Gasteiger partial charge is 0.305 e. The van der Waals surface area contributed by atoms with Gasteiger partial charge < -0.3 is 7.57 Å². The van der Waals surface area contributed by atoms with Crippen molar-refractivity contribution in [2.24, 2.45) is 0 Å². The van der Waals surface area contributed by atoms with E-state index in [1.54, 1.807) is 6.92 Å². The van der Waals surface area contributed by atoms with Crippen molar-refractivity contribution >= 4 is 31.6 Å². The van der Waals surface area contributed by atoms with E-state index in [1.807, 2.05) is 0 Å². The monoisotopic (exact) mass is 189 g/mol. The SMILES string of the molecule is [B-][P+](CC)(CC)CSC(C)=O. The van der Waals surface area contributed by atoms with Crippen molar-refractivity contribution in [3.05, 3.63) is 0 Å². The van der Waals surface area contributed by atoms with E-state index >= 15 is 0 Å². The normalized spacial score (nSPS) is 11.6. The molecule has 0 bridgehead atoms. The second kappa shape index (κ2) is 5.21. The first kappa shape index (κ1) is 11.5. The molecular weight excluding hydrogens is 174 g/mol. The van der Waals surface area contributed by atoms with Crippen LogP contribution in [0.1, 0.15) is 20.8 Å². The first-order valence-corrected chi connectivity index (χ1v) is 7.22. The highest BCUT2D eigenvalue weighted by molar-refractivity contribution is 8.22. The Morgan fingerprint density at radius 3 is 2.18 bits per heavy atom. The van der Waals surface area contributed by atoms with Crippen molar-refractivity contribution in [3.63, 3.8) is 0 Å².